The molecular weight excluding hydrogens is 357 g/mol. The van der Waals surface area contributed by atoms with E-state index in [1.54, 1.807) is 18.2 Å². The molecule has 2 N–H and O–H groups in total. The molecule has 4 nitrogen and oxygen atoms in total. The van der Waals surface area contributed by atoms with Gasteiger partial charge in [0.2, 0.25) is 5.91 Å². The van der Waals surface area contributed by atoms with Crippen LogP contribution in [0.2, 0.25) is 10.0 Å². The summed E-state index contributed by atoms with van der Waals surface area (Å²) in [5.41, 5.74) is 2.71. The standard InChI is InChI=1S/C19H21Cl2N3O/c20-14-4-9-18(17(21)12-14)23-19(25)13-22-15-5-7-16(8-6-15)24-10-2-1-3-11-24/h4-9,12,22H,1-3,10-11,13H2,(H,23,25). The quantitative estimate of drug-likeness (QED) is 0.767. The van der Waals surface area contributed by atoms with Gasteiger partial charge >= 0.3 is 0 Å². The molecule has 1 amide bonds. The van der Waals surface area contributed by atoms with Crippen molar-refractivity contribution in [3.05, 3.63) is 52.5 Å². The summed E-state index contributed by atoms with van der Waals surface area (Å²) in [6.45, 7) is 2.41. The van der Waals surface area contributed by atoms with Gasteiger partial charge < -0.3 is 15.5 Å². The Morgan fingerprint density at radius 3 is 2.40 bits per heavy atom. The molecule has 0 radical (unpaired) electrons. The minimum absolute atomic E-state index is 0.163. The third-order valence-corrected chi connectivity index (χ3v) is 4.79. The van der Waals surface area contributed by atoms with Gasteiger partial charge in [-0.3, -0.25) is 4.79 Å². The number of carbonyl (C=O) groups excluding carboxylic acids is 1. The highest BCUT2D eigenvalue weighted by atomic mass is 35.5. The van der Waals surface area contributed by atoms with E-state index in [1.165, 1.54) is 24.9 Å². The molecule has 3 rings (SSSR count). The van der Waals surface area contributed by atoms with Crippen molar-refractivity contribution in [2.24, 2.45) is 0 Å². The average Bonchev–Trinajstić information content (AvgIpc) is 2.63. The zero-order valence-corrected chi connectivity index (χ0v) is 15.4. The van der Waals surface area contributed by atoms with Crippen LogP contribution in [0.5, 0.6) is 0 Å². The predicted molar refractivity (Wildman–Crippen MR) is 106 cm³/mol. The lowest BCUT2D eigenvalue weighted by Crippen LogP contribution is -2.29. The van der Waals surface area contributed by atoms with E-state index in [-0.39, 0.29) is 12.5 Å². The number of nitrogens with one attached hydrogen (secondary N) is 2. The third-order valence-electron chi connectivity index (χ3n) is 4.25. The van der Waals surface area contributed by atoms with Crippen molar-refractivity contribution < 1.29 is 4.79 Å². The van der Waals surface area contributed by atoms with Crippen LogP contribution in [0.3, 0.4) is 0 Å². The summed E-state index contributed by atoms with van der Waals surface area (Å²) >= 11 is 11.9. The van der Waals surface area contributed by atoms with Gasteiger partial charge in [0, 0.05) is 29.5 Å². The zero-order valence-electron chi connectivity index (χ0n) is 13.9. The maximum absolute atomic E-state index is 12.1. The molecule has 0 aromatic heterocycles. The van der Waals surface area contributed by atoms with E-state index in [9.17, 15) is 4.79 Å². The van der Waals surface area contributed by atoms with E-state index in [4.69, 9.17) is 23.2 Å². The fraction of sp³-hybridized carbons (Fsp3) is 0.316. The third kappa shape index (κ3) is 5.03. The van der Waals surface area contributed by atoms with Crippen molar-refractivity contribution in [1.29, 1.82) is 0 Å². The number of nitrogens with zero attached hydrogens (tertiary/aromatic N) is 1. The van der Waals surface area contributed by atoms with Crippen molar-refractivity contribution >= 4 is 46.2 Å². The number of halogens is 2. The zero-order chi connectivity index (χ0) is 17.6. The first-order valence-corrected chi connectivity index (χ1v) is 9.21. The van der Waals surface area contributed by atoms with Gasteiger partial charge in [0.1, 0.15) is 0 Å². The largest absolute Gasteiger partial charge is 0.376 e. The molecule has 1 saturated heterocycles. The molecule has 6 heteroatoms. The Kier molecular flexibility index (Phi) is 6.05. The Hall–Kier alpha value is -1.91. The van der Waals surface area contributed by atoms with Crippen LogP contribution in [0.25, 0.3) is 0 Å². The van der Waals surface area contributed by atoms with Crippen LogP contribution in [0.1, 0.15) is 19.3 Å². The summed E-state index contributed by atoms with van der Waals surface area (Å²) in [7, 11) is 0. The summed E-state index contributed by atoms with van der Waals surface area (Å²) in [4.78, 5) is 14.5. The molecule has 25 heavy (non-hydrogen) atoms. The van der Waals surface area contributed by atoms with Gasteiger partial charge in [-0.25, -0.2) is 0 Å². The van der Waals surface area contributed by atoms with E-state index >= 15 is 0 Å². The Morgan fingerprint density at radius 2 is 1.72 bits per heavy atom. The van der Waals surface area contributed by atoms with Crippen LogP contribution in [0.4, 0.5) is 17.1 Å². The molecule has 2 aromatic rings. The van der Waals surface area contributed by atoms with Crippen LogP contribution in [-0.2, 0) is 4.79 Å². The van der Waals surface area contributed by atoms with Gasteiger partial charge in [0.15, 0.2) is 0 Å². The van der Waals surface area contributed by atoms with Gasteiger partial charge in [-0.05, 0) is 61.7 Å². The van der Waals surface area contributed by atoms with E-state index in [1.807, 2.05) is 12.1 Å². The van der Waals surface area contributed by atoms with Crippen molar-refractivity contribution in [3.63, 3.8) is 0 Å². The second kappa shape index (κ2) is 8.45. The fourth-order valence-corrected chi connectivity index (χ4v) is 3.37. The number of hydrogen-bond acceptors (Lipinski definition) is 3. The lowest BCUT2D eigenvalue weighted by atomic mass is 10.1. The SMILES string of the molecule is O=C(CNc1ccc(N2CCCCC2)cc1)Nc1ccc(Cl)cc1Cl. The summed E-state index contributed by atoms with van der Waals surface area (Å²) in [5.74, 6) is -0.163. The summed E-state index contributed by atoms with van der Waals surface area (Å²) < 4.78 is 0. The number of benzene rings is 2. The number of rotatable bonds is 5. The topological polar surface area (TPSA) is 44.4 Å². The van der Waals surface area contributed by atoms with Crippen molar-refractivity contribution in [1.82, 2.24) is 0 Å². The molecule has 2 aromatic carbocycles. The monoisotopic (exact) mass is 377 g/mol. The summed E-state index contributed by atoms with van der Waals surface area (Å²) in [6.07, 6.45) is 3.84. The lowest BCUT2D eigenvalue weighted by Gasteiger charge is -2.28. The molecular formula is C19H21Cl2N3O. The second-order valence-electron chi connectivity index (χ2n) is 6.12. The maximum atomic E-state index is 12.1. The van der Waals surface area contributed by atoms with Gasteiger partial charge in [-0.1, -0.05) is 23.2 Å². The average molecular weight is 378 g/mol. The fourth-order valence-electron chi connectivity index (χ4n) is 2.91. The molecule has 1 aliphatic heterocycles. The minimum Gasteiger partial charge on any atom is -0.376 e. The highest BCUT2D eigenvalue weighted by Crippen LogP contribution is 2.25. The molecule has 0 aliphatic carbocycles. The number of amides is 1. The lowest BCUT2D eigenvalue weighted by molar-refractivity contribution is -0.114. The van der Waals surface area contributed by atoms with Crippen LogP contribution < -0.4 is 15.5 Å². The highest BCUT2D eigenvalue weighted by Gasteiger charge is 2.11. The van der Waals surface area contributed by atoms with E-state index in [0.29, 0.717) is 15.7 Å². The molecule has 1 aliphatic rings. The van der Waals surface area contributed by atoms with E-state index in [0.717, 1.165) is 18.8 Å². The van der Waals surface area contributed by atoms with Crippen molar-refractivity contribution in [2.45, 2.75) is 19.3 Å². The van der Waals surface area contributed by atoms with Crippen molar-refractivity contribution in [2.75, 3.05) is 35.2 Å². The highest BCUT2D eigenvalue weighted by molar-refractivity contribution is 6.36. The Labute approximate surface area is 158 Å². The van der Waals surface area contributed by atoms with E-state index in [2.05, 4.69) is 27.7 Å². The van der Waals surface area contributed by atoms with Gasteiger partial charge in [-0.15, -0.1) is 0 Å². The molecule has 1 heterocycles. The molecule has 0 atom stereocenters. The van der Waals surface area contributed by atoms with Gasteiger partial charge in [-0.2, -0.15) is 0 Å². The molecule has 1 fully saturated rings. The van der Waals surface area contributed by atoms with Crippen LogP contribution in [0.15, 0.2) is 42.5 Å². The first-order chi connectivity index (χ1) is 12.1. The number of hydrogen-bond donors (Lipinski definition) is 2. The first-order valence-electron chi connectivity index (χ1n) is 8.45. The van der Waals surface area contributed by atoms with Crippen LogP contribution in [-0.4, -0.2) is 25.5 Å². The van der Waals surface area contributed by atoms with Crippen LogP contribution >= 0.6 is 23.2 Å². The smallest absolute Gasteiger partial charge is 0.243 e. The van der Waals surface area contributed by atoms with Gasteiger partial charge in [0.25, 0.3) is 0 Å². The normalized spacial score (nSPS) is 14.2. The molecule has 0 spiro atoms. The number of carbonyl (C=O) groups is 1. The number of piperidine rings is 1. The summed E-state index contributed by atoms with van der Waals surface area (Å²) in [5, 5.41) is 6.86. The Bertz CT molecular complexity index is 728. The molecule has 0 saturated carbocycles. The number of anilines is 3. The summed E-state index contributed by atoms with van der Waals surface area (Å²) in [6, 6.07) is 13.2. The van der Waals surface area contributed by atoms with Crippen molar-refractivity contribution in [3.8, 4) is 0 Å². The van der Waals surface area contributed by atoms with Gasteiger partial charge in [0.05, 0.1) is 17.3 Å². The molecule has 132 valence electrons. The van der Waals surface area contributed by atoms with E-state index < -0.39 is 0 Å². The molecule has 0 unspecified atom stereocenters. The maximum Gasteiger partial charge on any atom is 0.243 e. The first kappa shape index (κ1) is 17.9. The van der Waals surface area contributed by atoms with Crippen LogP contribution in [0, 0.1) is 0 Å². The predicted octanol–water partition coefficient (Wildman–Crippen LogP) is 5.03. The molecule has 0 bridgehead atoms. The Balaban J connectivity index is 1.51. The minimum atomic E-state index is -0.163. The Morgan fingerprint density at radius 1 is 1.00 bits per heavy atom. The second-order valence-corrected chi connectivity index (χ2v) is 6.96.